The Bertz CT molecular complexity index is 422. The fourth-order valence-electron chi connectivity index (χ4n) is 1.13. The van der Waals surface area contributed by atoms with Crippen LogP contribution in [0.1, 0.15) is 0 Å². The Morgan fingerprint density at radius 1 is 0.375 bits per heavy atom. The van der Waals surface area contributed by atoms with Crippen molar-refractivity contribution in [2.75, 3.05) is 0 Å². The van der Waals surface area contributed by atoms with E-state index in [1.807, 2.05) is 0 Å². The van der Waals surface area contributed by atoms with Crippen molar-refractivity contribution in [1.82, 2.24) is 0 Å². The maximum Gasteiger partial charge on any atom is 0 e. The summed E-state index contributed by atoms with van der Waals surface area (Å²) in [6.07, 6.45) is 16.7. The van der Waals surface area contributed by atoms with E-state index in [1.54, 1.807) is 0 Å². The topological polar surface area (TPSA) is 119 Å². The van der Waals surface area contributed by atoms with E-state index < -0.39 is 0 Å². The molecule has 0 atom stereocenters. The van der Waals surface area contributed by atoms with Crippen LogP contribution in [0.25, 0.3) is 0 Å². The van der Waals surface area contributed by atoms with Gasteiger partial charge >= 0.3 is 67.8 Å². The average molecular weight is 406 g/mol. The van der Waals surface area contributed by atoms with Gasteiger partial charge in [-0.2, -0.15) is 0 Å². The molecule has 0 amide bonds. The van der Waals surface area contributed by atoms with Crippen LogP contribution in [0.3, 0.4) is 0 Å². The molecule has 0 aromatic heterocycles. The van der Waals surface area contributed by atoms with Crippen LogP contribution in [0.4, 0.5) is 0 Å². The van der Waals surface area contributed by atoms with Gasteiger partial charge in [-0.25, -0.2) is 0 Å². The Hall–Kier alpha value is -1.82. The second kappa shape index (κ2) is 58.1. The Morgan fingerprint density at radius 2 is 0.500 bits per heavy atom. The second-order valence-corrected chi connectivity index (χ2v) is 2.35. The molecule has 0 unspecified atom stereocenters. The zero-order chi connectivity index (χ0) is 18.8. The molecule has 122 valence electrons. The van der Waals surface area contributed by atoms with Gasteiger partial charge in [-0.3, -0.25) is 0 Å². The van der Waals surface area contributed by atoms with Crippen LogP contribution in [0.5, 0.6) is 0 Å². The van der Waals surface area contributed by atoms with Crippen LogP contribution in [0, 0.1) is 39.9 Å². The first-order valence-corrected chi connectivity index (χ1v) is 4.63. The van der Waals surface area contributed by atoms with E-state index in [4.69, 9.17) is 27.9 Å². The smallest absolute Gasteiger partial charge is 0 e. The first-order valence-electron chi connectivity index (χ1n) is 4.63. The van der Waals surface area contributed by atoms with Crippen molar-refractivity contribution < 1.29 is 62.1 Å². The Kier molecular flexibility index (Phi) is 105. The third-order valence-electron chi connectivity index (χ3n) is 1.66. The molecule has 8 heteroatoms. The van der Waals surface area contributed by atoms with Crippen LogP contribution in [0.15, 0.2) is 59.8 Å². The largest absolute Gasteiger partial charge is 0 e. The Balaban J connectivity index is -0.0000000360. The molecule has 0 saturated heterocycles. The summed E-state index contributed by atoms with van der Waals surface area (Å²) in [5, 5.41) is 0. The van der Waals surface area contributed by atoms with Gasteiger partial charge in [0.15, 0.2) is 0 Å². The van der Waals surface area contributed by atoms with Crippen molar-refractivity contribution in [3.63, 3.8) is 0 Å². The molecule has 6 nitrogen and oxygen atoms in total. The van der Waals surface area contributed by atoms with Crippen LogP contribution in [0.2, 0.25) is 0 Å². The minimum absolute atomic E-state index is 0. The van der Waals surface area contributed by atoms with Gasteiger partial charge in [0, 0.05) is 34.1 Å². The SMILES string of the molecule is C1=CC(=C2C=CC=C2)C=C1.[C-]#[O+].[C-]#[O+].[C-]#[O+].[C-]#[O+].[C-]#[O+].[C-]#[O+].[Mn].[Mn]. The predicted molar refractivity (Wildman–Crippen MR) is 67.2 cm³/mol. The molecule has 2 radical (unpaired) electrons. The van der Waals surface area contributed by atoms with Gasteiger partial charge in [0.05, 0.1) is 0 Å². The predicted octanol–water partition coefficient (Wildman–Crippen LogP) is 2.30. The Labute approximate surface area is 161 Å². The second-order valence-electron chi connectivity index (χ2n) is 2.35. The standard InChI is InChI=1S/C10H8.6CO.2Mn/c1-2-6-9(5-1)10-7-3-4-8-10;6*1-2;;/h1-8H;;;;;;;;. The molecule has 2 rings (SSSR count). The number of hydrogen-bond donors (Lipinski definition) is 0. The summed E-state index contributed by atoms with van der Waals surface area (Å²) in [7, 11) is 0. The molecule has 0 bridgehead atoms. The van der Waals surface area contributed by atoms with Gasteiger partial charge < -0.3 is 0 Å². The molecule has 0 saturated carbocycles. The molecule has 0 N–H and O–H groups in total. The minimum Gasteiger partial charge on any atom is 0 e. The van der Waals surface area contributed by atoms with E-state index >= 15 is 0 Å². The van der Waals surface area contributed by atoms with Gasteiger partial charge in [0.25, 0.3) is 0 Å². The summed E-state index contributed by atoms with van der Waals surface area (Å²) in [6.45, 7) is 27.0. The van der Waals surface area contributed by atoms with E-state index in [-0.39, 0.29) is 34.1 Å². The van der Waals surface area contributed by atoms with Gasteiger partial charge in [-0.15, -0.1) is 0 Å². The molecule has 0 heterocycles. The van der Waals surface area contributed by atoms with Crippen molar-refractivity contribution in [3.05, 3.63) is 99.7 Å². The third kappa shape index (κ3) is 28.4. The monoisotopic (exact) mass is 406 g/mol. The summed E-state index contributed by atoms with van der Waals surface area (Å²) >= 11 is 0. The van der Waals surface area contributed by atoms with E-state index in [9.17, 15) is 0 Å². The quantitative estimate of drug-likeness (QED) is 0.333. The van der Waals surface area contributed by atoms with E-state index in [0.29, 0.717) is 0 Å². The Morgan fingerprint density at radius 3 is 0.625 bits per heavy atom. The fraction of sp³-hybridized carbons (Fsp3) is 0. The summed E-state index contributed by atoms with van der Waals surface area (Å²) in [5.41, 5.74) is 2.62. The first-order chi connectivity index (χ1) is 11.0. The minimum atomic E-state index is 0. The number of hydrogen-bond acceptors (Lipinski definition) is 0. The molecule has 0 aromatic rings. The molecule has 0 spiro atoms. The van der Waals surface area contributed by atoms with Crippen LogP contribution >= 0.6 is 0 Å². The summed E-state index contributed by atoms with van der Waals surface area (Å²) in [5.74, 6) is 0. The van der Waals surface area contributed by atoms with Crippen molar-refractivity contribution in [2.45, 2.75) is 0 Å². The zero-order valence-electron chi connectivity index (χ0n) is 11.8. The molecule has 0 fully saturated rings. The molecular formula is C16H8Mn2O6. The van der Waals surface area contributed by atoms with Gasteiger partial charge in [0.2, 0.25) is 0 Å². The zero-order valence-corrected chi connectivity index (χ0v) is 14.2. The normalized spacial score (nSPS) is 8.83. The summed E-state index contributed by atoms with van der Waals surface area (Å²) in [6, 6.07) is 0. The van der Waals surface area contributed by atoms with Crippen LogP contribution < -0.4 is 0 Å². The van der Waals surface area contributed by atoms with E-state index in [1.165, 1.54) is 11.1 Å². The molecule has 0 aliphatic heterocycles. The van der Waals surface area contributed by atoms with Gasteiger partial charge in [-0.1, -0.05) is 48.6 Å². The van der Waals surface area contributed by atoms with Crippen molar-refractivity contribution in [2.24, 2.45) is 0 Å². The van der Waals surface area contributed by atoms with Crippen LogP contribution in [-0.2, 0) is 62.1 Å². The number of rotatable bonds is 0. The molecular weight excluding hydrogens is 398 g/mol. The maximum atomic E-state index is 7.50. The molecule has 2 aliphatic carbocycles. The van der Waals surface area contributed by atoms with Gasteiger partial charge in [-0.05, 0) is 11.1 Å². The maximum absolute atomic E-state index is 7.50. The summed E-state index contributed by atoms with van der Waals surface area (Å²) in [4.78, 5) is 0. The molecule has 24 heavy (non-hydrogen) atoms. The van der Waals surface area contributed by atoms with E-state index in [0.717, 1.165) is 0 Å². The molecule has 0 aromatic carbocycles. The fourth-order valence-corrected chi connectivity index (χ4v) is 1.13. The van der Waals surface area contributed by atoms with Crippen LogP contribution in [-0.4, -0.2) is 0 Å². The van der Waals surface area contributed by atoms with Crippen molar-refractivity contribution in [1.29, 1.82) is 0 Å². The summed E-state index contributed by atoms with van der Waals surface area (Å²) < 4.78 is 45.0. The van der Waals surface area contributed by atoms with E-state index in [2.05, 4.69) is 88.5 Å². The van der Waals surface area contributed by atoms with Gasteiger partial charge in [0.1, 0.15) is 0 Å². The average Bonchev–Trinajstić information content (AvgIpc) is 3.39. The number of allylic oxidation sites excluding steroid dienone is 10. The first kappa shape index (κ1) is 43.2. The third-order valence-corrected chi connectivity index (χ3v) is 1.66. The van der Waals surface area contributed by atoms with Crippen molar-refractivity contribution in [3.8, 4) is 0 Å². The molecule has 2 aliphatic rings. The van der Waals surface area contributed by atoms with Crippen molar-refractivity contribution >= 4 is 0 Å².